The smallest absolute Gasteiger partial charge is 0.276 e. The van der Waals surface area contributed by atoms with Crippen LogP contribution in [0.3, 0.4) is 0 Å². The first-order chi connectivity index (χ1) is 18.4. The van der Waals surface area contributed by atoms with Crippen molar-refractivity contribution in [1.29, 1.82) is 0 Å². The first-order valence-electron chi connectivity index (χ1n) is 13.2. The van der Waals surface area contributed by atoms with Crippen LogP contribution in [0.25, 0.3) is 0 Å². The standard InChI is InChI=1S/C30H29N5O3/c1-19(2)33-18-25(35-28(30(33)38)29(37)26(36)16-31-35)27(22-6-4-3-5-7-22)34-17-23(14-12-20-8-9-20)24(32-34)15-13-21-10-11-21/h3-7,16-17,19-21,25,27,37H,8-11,18H2,1-2H3. The number of hydrogen-bond acceptors (Lipinski definition) is 5. The predicted molar refractivity (Wildman–Crippen MR) is 141 cm³/mol. The summed E-state index contributed by atoms with van der Waals surface area (Å²) in [5.41, 5.74) is 1.61. The molecule has 6 rings (SSSR count). The highest BCUT2D eigenvalue weighted by atomic mass is 16.3. The minimum Gasteiger partial charge on any atom is -0.502 e. The molecule has 192 valence electrons. The maximum Gasteiger partial charge on any atom is 0.276 e. The van der Waals surface area contributed by atoms with E-state index in [0.717, 1.165) is 43.0 Å². The number of benzene rings is 1. The van der Waals surface area contributed by atoms with Gasteiger partial charge in [-0.1, -0.05) is 48.1 Å². The van der Waals surface area contributed by atoms with Crippen LogP contribution in [0.15, 0.2) is 47.5 Å². The molecule has 0 bridgehead atoms. The van der Waals surface area contributed by atoms with Crippen molar-refractivity contribution < 1.29 is 9.90 Å². The Balaban J connectivity index is 1.53. The van der Waals surface area contributed by atoms with Crippen molar-refractivity contribution in [3.05, 3.63) is 75.5 Å². The lowest BCUT2D eigenvalue weighted by molar-refractivity contribution is 0.0547. The fourth-order valence-corrected chi connectivity index (χ4v) is 4.81. The van der Waals surface area contributed by atoms with Crippen molar-refractivity contribution in [2.45, 2.75) is 57.7 Å². The summed E-state index contributed by atoms with van der Waals surface area (Å²) < 4.78 is 3.35. The first kappa shape index (κ1) is 24.1. The van der Waals surface area contributed by atoms with Crippen molar-refractivity contribution >= 4 is 5.91 Å². The summed E-state index contributed by atoms with van der Waals surface area (Å²) in [6, 6.07) is 8.87. The molecule has 2 fully saturated rings. The number of hydrogen-bond donors (Lipinski definition) is 1. The monoisotopic (exact) mass is 507 g/mol. The summed E-state index contributed by atoms with van der Waals surface area (Å²) in [6.07, 6.45) is 7.49. The SMILES string of the molecule is CC(C)N1CC(C(c2ccccc2)n2cc(C#CC3CC3)c(C#CC3CC3)n2)n2ncc(=O)c(O)c2C1=O. The molecule has 3 aromatic rings. The van der Waals surface area contributed by atoms with E-state index in [4.69, 9.17) is 5.10 Å². The minimum atomic E-state index is -0.681. The van der Waals surface area contributed by atoms with Crippen LogP contribution < -0.4 is 5.43 Å². The number of aromatic hydroxyl groups is 1. The number of fused-ring (bicyclic) bond motifs is 1. The highest BCUT2D eigenvalue weighted by Crippen LogP contribution is 2.37. The van der Waals surface area contributed by atoms with Gasteiger partial charge in [-0.3, -0.25) is 14.3 Å². The lowest BCUT2D eigenvalue weighted by atomic mass is 9.96. The molecule has 38 heavy (non-hydrogen) atoms. The van der Waals surface area contributed by atoms with Crippen LogP contribution in [0.4, 0.5) is 0 Å². The molecule has 1 N–H and O–H groups in total. The second-order valence-electron chi connectivity index (χ2n) is 10.6. The maximum atomic E-state index is 13.3. The summed E-state index contributed by atoms with van der Waals surface area (Å²) >= 11 is 0. The third-order valence-electron chi connectivity index (χ3n) is 7.25. The summed E-state index contributed by atoms with van der Waals surface area (Å²) in [4.78, 5) is 27.3. The van der Waals surface area contributed by atoms with Crippen LogP contribution in [0, 0.1) is 35.5 Å². The van der Waals surface area contributed by atoms with E-state index in [1.807, 2.05) is 55.1 Å². The third-order valence-corrected chi connectivity index (χ3v) is 7.25. The Morgan fingerprint density at radius 3 is 2.34 bits per heavy atom. The average Bonchev–Trinajstić information content (AvgIpc) is 3.85. The Morgan fingerprint density at radius 1 is 1.00 bits per heavy atom. The van der Waals surface area contributed by atoms with Crippen LogP contribution in [0.1, 0.15) is 78.9 Å². The van der Waals surface area contributed by atoms with Crippen LogP contribution >= 0.6 is 0 Å². The predicted octanol–water partition coefficient (Wildman–Crippen LogP) is 3.36. The lowest BCUT2D eigenvalue weighted by Gasteiger charge is -2.40. The molecule has 3 heterocycles. The fraction of sp³-hybridized carbons (Fsp3) is 0.400. The van der Waals surface area contributed by atoms with E-state index in [-0.39, 0.29) is 11.7 Å². The Labute approximate surface area is 221 Å². The molecule has 0 spiro atoms. The molecule has 1 amide bonds. The molecule has 8 heteroatoms. The Morgan fingerprint density at radius 2 is 1.68 bits per heavy atom. The van der Waals surface area contributed by atoms with Crippen LogP contribution in [-0.2, 0) is 0 Å². The minimum absolute atomic E-state index is 0.0990. The van der Waals surface area contributed by atoms with Gasteiger partial charge in [0.2, 0.25) is 5.43 Å². The zero-order valence-electron chi connectivity index (χ0n) is 21.5. The van der Waals surface area contributed by atoms with Crippen LogP contribution in [-0.4, -0.2) is 48.1 Å². The molecule has 8 nitrogen and oxygen atoms in total. The molecule has 0 radical (unpaired) electrons. The number of amides is 1. The number of carbonyl (C=O) groups excluding carboxylic acids is 1. The van der Waals surface area contributed by atoms with Crippen molar-refractivity contribution in [3.8, 4) is 29.4 Å². The molecule has 0 saturated heterocycles. The fourth-order valence-electron chi connectivity index (χ4n) is 4.81. The van der Waals surface area contributed by atoms with E-state index < -0.39 is 29.2 Å². The molecule has 2 atom stereocenters. The number of nitrogens with zero attached hydrogens (tertiary/aromatic N) is 5. The van der Waals surface area contributed by atoms with Crippen molar-refractivity contribution in [2.24, 2.45) is 11.8 Å². The molecule has 2 aromatic heterocycles. The zero-order chi connectivity index (χ0) is 26.4. The van der Waals surface area contributed by atoms with Gasteiger partial charge in [0.15, 0.2) is 17.1 Å². The Hall–Kier alpha value is -4.30. The molecule has 1 aliphatic heterocycles. The second-order valence-corrected chi connectivity index (χ2v) is 10.6. The van der Waals surface area contributed by atoms with E-state index in [1.54, 1.807) is 4.90 Å². The van der Waals surface area contributed by atoms with Gasteiger partial charge in [-0.05, 0) is 51.0 Å². The number of aromatic nitrogens is 4. The second kappa shape index (κ2) is 9.54. The van der Waals surface area contributed by atoms with Gasteiger partial charge < -0.3 is 10.0 Å². The molecule has 3 aliphatic rings. The summed E-state index contributed by atoms with van der Waals surface area (Å²) in [7, 11) is 0. The van der Waals surface area contributed by atoms with Crippen LogP contribution in [0.2, 0.25) is 0 Å². The Bertz CT molecular complexity index is 1530. The van der Waals surface area contributed by atoms with E-state index in [2.05, 4.69) is 28.8 Å². The summed E-state index contributed by atoms with van der Waals surface area (Å²) in [5, 5.41) is 20.0. The highest BCUT2D eigenvalue weighted by molar-refractivity contribution is 5.95. The van der Waals surface area contributed by atoms with Gasteiger partial charge in [-0.15, -0.1) is 0 Å². The molecule has 2 unspecified atom stereocenters. The largest absolute Gasteiger partial charge is 0.502 e. The van der Waals surface area contributed by atoms with E-state index in [9.17, 15) is 14.7 Å². The lowest BCUT2D eigenvalue weighted by Crippen LogP contribution is -2.50. The van der Waals surface area contributed by atoms with E-state index >= 15 is 0 Å². The number of carbonyl (C=O) groups is 1. The van der Waals surface area contributed by atoms with Crippen LogP contribution in [0.5, 0.6) is 5.75 Å². The quantitative estimate of drug-likeness (QED) is 0.547. The zero-order valence-corrected chi connectivity index (χ0v) is 21.5. The van der Waals surface area contributed by atoms with Gasteiger partial charge in [-0.25, -0.2) is 4.68 Å². The normalized spacial score (nSPS) is 19.3. The summed E-state index contributed by atoms with van der Waals surface area (Å²) in [6.45, 7) is 4.15. The molecular formula is C30H29N5O3. The van der Waals surface area contributed by atoms with Gasteiger partial charge >= 0.3 is 0 Å². The number of rotatable bonds is 4. The summed E-state index contributed by atoms with van der Waals surface area (Å²) in [5.74, 6) is 13.1. The van der Waals surface area contributed by atoms with E-state index in [1.165, 1.54) is 4.68 Å². The molecular weight excluding hydrogens is 478 g/mol. The van der Waals surface area contributed by atoms with Gasteiger partial charge in [0.1, 0.15) is 6.04 Å². The van der Waals surface area contributed by atoms with Gasteiger partial charge in [0, 0.05) is 30.6 Å². The van der Waals surface area contributed by atoms with Gasteiger partial charge in [-0.2, -0.15) is 10.2 Å². The third kappa shape index (κ3) is 4.59. The topological polar surface area (TPSA) is 93.2 Å². The van der Waals surface area contributed by atoms with Gasteiger partial charge in [0.05, 0.1) is 17.8 Å². The first-order valence-corrected chi connectivity index (χ1v) is 13.2. The van der Waals surface area contributed by atoms with Crippen molar-refractivity contribution in [2.75, 3.05) is 6.54 Å². The molecule has 1 aromatic carbocycles. The van der Waals surface area contributed by atoms with Gasteiger partial charge in [0.25, 0.3) is 5.91 Å². The van der Waals surface area contributed by atoms with Crippen molar-refractivity contribution in [3.63, 3.8) is 0 Å². The average molecular weight is 508 g/mol. The highest BCUT2D eigenvalue weighted by Gasteiger charge is 2.41. The maximum absolute atomic E-state index is 13.3. The van der Waals surface area contributed by atoms with E-state index in [0.29, 0.717) is 24.1 Å². The molecule has 2 aliphatic carbocycles. The Kier molecular flexibility index (Phi) is 6.04. The van der Waals surface area contributed by atoms with Crippen molar-refractivity contribution in [1.82, 2.24) is 24.5 Å². The molecule has 2 saturated carbocycles.